The van der Waals surface area contributed by atoms with Crippen LogP contribution in [0.15, 0.2) is 35.6 Å². The second-order valence-corrected chi connectivity index (χ2v) is 12.7. The number of pyridine rings is 1. The summed E-state index contributed by atoms with van der Waals surface area (Å²) in [6, 6.07) is 5.10. The normalized spacial score (nSPS) is 21.4. The van der Waals surface area contributed by atoms with Gasteiger partial charge in [-0.3, -0.25) is 9.59 Å². The fourth-order valence-corrected chi connectivity index (χ4v) is 6.09. The molecule has 0 bridgehead atoms. The summed E-state index contributed by atoms with van der Waals surface area (Å²) < 4.78 is 63.6. The van der Waals surface area contributed by atoms with E-state index in [1.807, 2.05) is 6.07 Å². The lowest BCUT2D eigenvalue weighted by atomic mass is 10.00. The maximum Gasteiger partial charge on any atom is 0.431 e. The predicted molar refractivity (Wildman–Crippen MR) is 137 cm³/mol. The zero-order valence-electron chi connectivity index (χ0n) is 20.8. The van der Waals surface area contributed by atoms with Gasteiger partial charge in [0.2, 0.25) is 5.91 Å². The number of carbonyl (C=O) groups excluding carboxylic acids is 2. The van der Waals surface area contributed by atoms with E-state index in [4.69, 9.17) is 11.6 Å². The van der Waals surface area contributed by atoms with E-state index in [0.29, 0.717) is 0 Å². The van der Waals surface area contributed by atoms with Gasteiger partial charge in [-0.05, 0) is 50.6 Å². The van der Waals surface area contributed by atoms with Gasteiger partial charge in [0.1, 0.15) is 11.8 Å². The van der Waals surface area contributed by atoms with Crippen LogP contribution in [0.4, 0.5) is 24.7 Å². The van der Waals surface area contributed by atoms with E-state index in [2.05, 4.69) is 20.7 Å². The van der Waals surface area contributed by atoms with Crippen LogP contribution in [0.25, 0.3) is 0 Å². The van der Waals surface area contributed by atoms with Crippen LogP contribution in [0.2, 0.25) is 5.02 Å². The van der Waals surface area contributed by atoms with Crippen LogP contribution in [0, 0.1) is 18.3 Å². The van der Waals surface area contributed by atoms with Crippen molar-refractivity contribution < 1.29 is 31.2 Å². The number of sulfone groups is 1. The third kappa shape index (κ3) is 5.16. The summed E-state index contributed by atoms with van der Waals surface area (Å²) in [5, 5.41) is 18.8. The van der Waals surface area contributed by atoms with Crippen molar-refractivity contribution in [2.75, 3.05) is 16.1 Å². The number of halogens is 4. The number of hydrogen-bond donors (Lipinski definition) is 2. The van der Waals surface area contributed by atoms with Gasteiger partial charge < -0.3 is 10.6 Å². The first kappa shape index (κ1) is 28.3. The first-order valence-electron chi connectivity index (χ1n) is 11.5. The Morgan fingerprint density at radius 1 is 1.28 bits per heavy atom. The number of aromatic nitrogens is 1. The van der Waals surface area contributed by atoms with Gasteiger partial charge in [0.05, 0.1) is 44.4 Å². The number of amides is 2. The first-order chi connectivity index (χ1) is 18.1. The molecule has 2 unspecified atom stereocenters. The molecule has 2 atom stereocenters. The number of nitrogens with one attached hydrogen (secondary N) is 2. The van der Waals surface area contributed by atoms with Crippen molar-refractivity contribution in [2.24, 2.45) is 5.10 Å². The summed E-state index contributed by atoms with van der Waals surface area (Å²) in [5.74, 6) is -2.15. The number of alkyl halides is 3. The number of benzene rings is 1. The predicted octanol–water partition coefficient (Wildman–Crippen LogP) is 3.36. The Kier molecular flexibility index (Phi) is 7.11. The van der Waals surface area contributed by atoms with E-state index in [0.717, 1.165) is 5.01 Å². The van der Waals surface area contributed by atoms with Gasteiger partial charge in [0.25, 0.3) is 5.91 Å². The van der Waals surface area contributed by atoms with E-state index < -0.39 is 56.8 Å². The zero-order valence-corrected chi connectivity index (χ0v) is 22.4. The molecule has 39 heavy (non-hydrogen) atoms. The van der Waals surface area contributed by atoms with Crippen LogP contribution >= 0.6 is 11.6 Å². The molecule has 15 heteroatoms. The van der Waals surface area contributed by atoms with Crippen molar-refractivity contribution in [2.45, 2.75) is 50.2 Å². The summed E-state index contributed by atoms with van der Waals surface area (Å²) in [7, 11) is -3.41. The number of nitrogens with zero attached hydrogens (tertiary/aromatic N) is 4. The Morgan fingerprint density at radius 2 is 1.97 bits per heavy atom. The van der Waals surface area contributed by atoms with Crippen molar-refractivity contribution in [3.05, 3.63) is 52.2 Å². The molecule has 2 aliphatic rings. The van der Waals surface area contributed by atoms with Gasteiger partial charge in [-0.15, -0.1) is 0 Å². The van der Waals surface area contributed by atoms with E-state index in [-0.39, 0.29) is 39.0 Å². The van der Waals surface area contributed by atoms with Crippen molar-refractivity contribution >= 4 is 50.5 Å². The lowest BCUT2D eigenvalue weighted by Gasteiger charge is -2.43. The summed E-state index contributed by atoms with van der Waals surface area (Å²) in [6.07, 6.45) is -4.35. The number of hydrazone groups is 1. The number of nitriles is 1. The van der Waals surface area contributed by atoms with Gasteiger partial charge in [-0.25, -0.2) is 18.4 Å². The molecule has 0 aliphatic carbocycles. The fraction of sp³-hybridized carbons (Fsp3) is 0.375. The third-order valence-electron chi connectivity index (χ3n) is 6.79. The maximum atomic E-state index is 13.5. The SMILES string of the molecule is Cc1cc(C#N)cc(C(=O)NC2CS(=O)(=O)C2(C)C)c1NC(=O)C1CC(C(F)(F)F)=NN1c1ncccc1Cl. The maximum absolute atomic E-state index is 13.5. The summed E-state index contributed by atoms with van der Waals surface area (Å²) in [4.78, 5) is 30.6. The summed E-state index contributed by atoms with van der Waals surface area (Å²) >= 11 is 6.12. The minimum atomic E-state index is -4.82. The zero-order chi connectivity index (χ0) is 28.9. The summed E-state index contributed by atoms with van der Waals surface area (Å²) in [5.41, 5.74) is -1.05. The van der Waals surface area contributed by atoms with Crippen molar-refractivity contribution in [1.29, 1.82) is 5.26 Å². The van der Waals surface area contributed by atoms with Crippen LogP contribution in [0.1, 0.15) is 41.8 Å². The van der Waals surface area contributed by atoms with Crippen molar-refractivity contribution in [1.82, 2.24) is 10.3 Å². The largest absolute Gasteiger partial charge is 0.431 e. The highest BCUT2D eigenvalue weighted by Gasteiger charge is 2.54. The Morgan fingerprint density at radius 3 is 2.54 bits per heavy atom. The van der Waals surface area contributed by atoms with Gasteiger partial charge >= 0.3 is 6.18 Å². The molecular weight excluding hydrogens is 561 g/mol. The standard InChI is InChI=1S/C24H22ClF3N6O4S/c1-12-7-13(10-29)8-14(21(35)31-18-11-39(37,38)23(18,2)3)19(12)32-22(36)16-9-17(24(26,27)28)33-34(16)20-15(25)5-4-6-30-20/h4-8,16,18H,9,11H2,1-3H3,(H,31,35)(H,32,36). The molecule has 0 radical (unpaired) electrons. The molecule has 1 saturated heterocycles. The molecule has 2 N–H and O–H groups in total. The lowest BCUT2D eigenvalue weighted by molar-refractivity contribution is -0.117. The Bertz CT molecular complexity index is 1550. The molecule has 0 saturated carbocycles. The molecule has 1 aromatic heterocycles. The second-order valence-electron chi connectivity index (χ2n) is 9.65. The van der Waals surface area contributed by atoms with Gasteiger partial charge in [0.15, 0.2) is 15.7 Å². The highest BCUT2D eigenvalue weighted by molar-refractivity contribution is 7.94. The molecular formula is C24H22ClF3N6O4S. The fourth-order valence-electron chi connectivity index (χ4n) is 4.23. The minimum absolute atomic E-state index is 0.0323. The Hall–Kier alpha value is -3.70. The third-order valence-corrected chi connectivity index (χ3v) is 9.74. The highest BCUT2D eigenvalue weighted by atomic mass is 35.5. The number of rotatable bonds is 5. The summed E-state index contributed by atoms with van der Waals surface area (Å²) in [6.45, 7) is 4.43. The minimum Gasteiger partial charge on any atom is -0.347 e. The van der Waals surface area contributed by atoms with Gasteiger partial charge in [-0.2, -0.15) is 23.5 Å². The molecule has 1 aromatic carbocycles. The first-order valence-corrected chi connectivity index (χ1v) is 13.5. The topological polar surface area (TPSA) is 145 Å². The van der Waals surface area contributed by atoms with Crippen LogP contribution in [-0.2, 0) is 14.6 Å². The average molecular weight is 583 g/mol. The molecule has 0 spiro atoms. The highest BCUT2D eigenvalue weighted by Crippen LogP contribution is 2.36. The molecule has 3 heterocycles. The monoisotopic (exact) mass is 582 g/mol. The molecule has 2 amide bonds. The lowest BCUT2D eigenvalue weighted by Crippen LogP contribution is -2.66. The van der Waals surface area contributed by atoms with Crippen molar-refractivity contribution in [3.63, 3.8) is 0 Å². The number of carbonyl (C=O) groups is 2. The van der Waals surface area contributed by atoms with Crippen LogP contribution in [0.3, 0.4) is 0 Å². The van der Waals surface area contributed by atoms with Gasteiger partial charge in [0, 0.05) is 12.6 Å². The molecule has 206 valence electrons. The van der Waals surface area contributed by atoms with Crippen molar-refractivity contribution in [3.8, 4) is 6.07 Å². The van der Waals surface area contributed by atoms with Gasteiger partial charge in [-0.1, -0.05) is 11.6 Å². The van der Waals surface area contributed by atoms with E-state index in [9.17, 15) is 36.4 Å². The van der Waals surface area contributed by atoms with Crippen LogP contribution in [-0.4, -0.2) is 59.7 Å². The molecule has 2 aromatic rings. The van der Waals surface area contributed by atoms with Crippen LogP contribution in [0.5, 0.6) is 0 Å². The van der Waals surface area contributed by atoms with E-state index in [1.165, 1.54) is 51.2 Å². The Balaban J connectivity index is 1.67. The van der Waals surface area contributed by atoms with Crippen LogP contribution < -0.4 is 15.6 Å². The smallest absolute Gasteiger partial charge is 0.347 e. The Labute approximate surface area is 226 Å². The number of aryl methyl sites for hydroxylation is 1. The second kappa shape index (κ2) is 9.80. The quantitative estimate of drug-likeness (QED) is 0.550. The molecule has 1 fully saturated rings. The number of anilines is 2. The molecule has 4 rings (SSSR count). The van der Waals surface area contributed by atoms with E-state index in [1.54, 1.807) is 0 Å². The average Bonchev–Trinajstić information content (AvgIpc) is 3.31. The number of hydrogen-bond acceptors (Lipinski definition) is 8. The molecule has 2 aliphatic heterocycles. The molecule has 10 nitrogen and oxygen atoms in total. The van der Waals surface area contributed by atoms with E-state index >= 15 is 0 Å².